The summed E-state index contributed by atoms with van der Waals surface area (Å²) in [4.78, 5) is 28.3. The molecule has 8 heteroatoms. The molecule has 1 atom stereocenters. The zero-order valence-corrected chi connectivity index (χ0v) is 21.7. The molecule has 1 aliphatic heterocycles. The van der Waals surface area contributed by atoms with Crippen molar-refractivity contribution in [1.29, 1.82) is 0 Å². The van der Waals surface area contributed by atoms with Crippen LogP contribution in [-0.4, -0.2) is 50.8 Å². The zero-order valence-electron chi connectivity index (χ0n) is 20.9. The maximum absolute atomic E-state index is 13.1. The Kier molecular flexibility index (Phi) is 9.54. The maximum atomic E-state index is 13.1. The quantitative estimate of drug-likeness (QED) is 0.551. The maximum Gasteiger partial charge on any atom is 0.245 e. The van der Waals surface area contributed by atoms with Gasteiger partial charge in [0.25, 0.3) is 0 Å². The number of likely N-dealkylation sites (tertiary alicyclic amines) is 1. The molecule has 1 aliphatic carbocycles. The lowest BCUT2D eigenvalue weighted by molar-refractivity contribution is -0.139. The van der Waals surface area contributed by atoms with E-state index in [1.165, 1.54) is 0 Å². The van der Waals surface area contributed by atoms with Gasteiger partial charge in [-0.1, -0.05) is 31.5 Å². The van der Waals surface area contributed by atoms with Crippen LogP contribution in [0.25, 0.3) is 0 Å². The molecule has 0 radical (unpaired) electrons. The average Bonchev–Trinajstić information content (AvgIpc) is 2.83. The molecule has 2 fully saturated rings. The predicted octanol–water partition coefficient (Wildman–Crippen LogP) is 3.62. The number of hydrogen-bond acceptors (Lipinski definition) is 4. The second-order valence-electron chi connectivity index (χ2n) is 10.5. The van der Waals surface area contributed by atoms with Crippen molar-refractivity contribution >= 4 is 21.8 Å². The van der Waals surface area contributed by atoms with E-state index >= 15 is 0 Å². The van der Waals surface area contributed by atoms with Crippen molar-refractivity contribution in [3.63, 3.8) is 0 Å². The van der Waals surface area contributed by atoms with E-state index in [0.717, 1.165) is 63.6 Å². The summed E-state index contributed by atoms with van der Waals surface area (Å²) < 4.78 is 27.8. The summed E-state index contributed by atoms with van der Waals surface area (Å²) in [6.45, 7) is 8.03. The molecule has 0 spiro atoms. The van der Waals surface area contributed by atoms with E-state index in [0.29, 0.717) is 18.9 Å². The lowest BCUT2D eigenvalue weighted by Gasteiger charge is -2.33. The molecule has 2 aliphatic rings. The highest BCUT2D eigenvalue weighted by atomic mass is 32.2. The number of sulfonamides is 1. The summed E-state index contributed by atoms with van der Waals surface area (Å²) >= 11 is 0. The number of amides is 2. The van der Waals surface area contributed by atoms with Crippen molar-refractivity contribution in [3.8, 4) is 0 Å². The SMILES string of the molecule is Cc1ccc(S(=O)(=O)NCC2CCC(C(=O)NC(CC(C)C)C(=O)N3CCCCC3)CC2)cc1. The standard InChI is InChI=1S/C26H41N3O4S/c1-19(2)17-24(26(31)29-15-5-4-6-16-29)28-25(30)22-11-9-21(10-12-22)18-27-34(32,33)23-13-7-20(3)8-14-23/h7-8,13-14,19,21-22,24,27H,4-6,9-12,15-18H2,1-3H3,(H,28,30). The summed E-state index contributed by atoms with van der Waals surface area (Å²) in [5, 5.41) is 3.07. The highest BCUT2D eigenvalue weighted by Gasteiger charge is 2.32. The predicted molar refractivity (Wildman–Crippen MR) is 134 cm³/mol. The van der Waals surface area contributed by atoms with Crippen LogP contribution in [0.5, 0.6) is 0 Å². The number of hydrogen-bond donors (Lipinski definition) is 2. The van der Waals surface area contributed by atoms with E-state index in [9.17, 15) is 18.0 Å². The Bertz CT molecular complexity index is 916. The molecule has 0 aromatic heterocycles. The van der Waals surface area contributed by atoms with E-state index in [2.05, 4.69) is 23.9 Å². The first-order valence-corrected chi connectivity index (χ1v) is 14.3. The van der Waals surface area contributed by atoms with Gasteiger partial charge < -0.3 is 10.2 Å². The van der Waals surface area contributed by atoms with E-state index in [4.69, 9.17) is 0 Å². The van der Waals surface area contributed by atoms with Gasteiger partial charge in [0.1, 0.15) is 6.04 Å². The van der Waals surface area contributed by atoms with E-state index < -0.39 is 16.1 Å². The van der Waals surface area contributed by atoms with E-state index in [-0.39, 0.29) is 28.5 Å². The van der Waals surface area contributed by atoms with Gasteiger partial charge >= 0.3 is 0 Å². The van der Waals surface area contributed by atoms with Crippen molar-refractivity contribution in [2.75, 3.05) is 19.6 Å². The molecular weight excluding hydrogens is 450 g/mol. The first-order chi connectivity index (χ1) is 16.2. The lowest BCUT2D eigenvalue weighted by atomic mass is 9.81. The molecule has 3 rings (SSSR count). The molecule has 1 saturated heterocycles. The van der Waals surface area contributed by atoms with Crippen LogP contribution in [0.1, 0.15) is 70.8 Å². The number of benzene rings is 1. The summed E-state index contributed by atoms with van der Waals surface area (Å²) in [7, 11) is -3.53. The van der Waals surface area contributed by atoms with Crippen molar-refractivity contribution in [3.05, 3.63) is 29.8 Å². The van der Waals surface area contributed by atoms with Crippen molar-refractivity contribution in [2.45, 2.75) is 83.1 Å². The fourth-order valence-electron chi connectivity index (χ4n) is 4.97. The Morgan fingerprint density at radius 2 is 1.62 bits per heavy atom. The summed E-state index contributed by atoms with van der Waals surface area (Å²) in [5.74, 6) is 0.437. The topological polar surface area (TPSA) is 95.6 Å². The molecule has 34 heavy (non-hydrogen) atoms. The van der Waals surface area contributed by atoms with Gasteiger partial charge in [-0.3, -0.25) is 9.59 Å². The van der Waals surface area contributed by atoms with Gasteiger partial charge in [0.15, 0.2) is 0 Å². The molecule has 0 bridgehead atoms. The number of rotatable bonds is 9. The molecular formula is C26H41N3O4S. The Balaban J connectivity index is 1.48. The first kappa shape index (κ1) is 26.7. The largest absolute Gasteiger partial charge is 0.344 e. The van der Waals surface area contributed by atoms with Crippen LogP contribution in [-0.2, 0) is 19.6 Å². The molecule has 2 N–H and O–H groups in total. The number of carbonyl (C=O) groups excluding carboxylic acids is 2. The van der Waals surface area contributed by atoms with Gasteiger partial charge in [-0.25, -0.2) is 13.1 Å². The highest BCUT2D eigenvalue weighted by Crippen LogP contribution is 2.29. The molecule has 1 aromatic carbocycles. The van der Waals surface area contributed by atoms with Crippen LogP contribution < -0.4 is 10.0 Å². The van der Waals surface area contributed by atoms with Gasteiger partial charge in [-0.15, -0.1) is 0 Å². The lowest BCUT2D eigenvalue weighted by Crippen LogP contribution is -2.52. The van der Waals surface area contributed by atoms with Gasteiger partial charge in [-0.05, 0) is 82.3 Å². The second-order valence-corrected chi connectivity index (χ2v) is 12.2. The number of piperidine rings is 1. The smallest absolute Gasteiger partial charge is 0.245 e. The minimum atomic E-state index is -3.53. The highest BCUT2D eigenvalue weighted by molar-refractivity contribution is 7.89. The van der Waals surface area contributed by atoms with Crippen LogP contribution in [0.15, 0.2) is 29.2 Å². The Morgan fingerprint density at radius 3 is 2.21 bits per heavy atom. The number of nitrogens with zero attached hydrogens (tertiary/aromatic N) is 1. The van der Waals surface area contributed by atoms with Crippen LogP contribution in [0.3, 0.4) is 0 Å². The van der Waals surface area contributed by atoms with E-state index in [1.807, 2.05) is 11.8 Å². The van der Waals surface area contributed by atoms with Gasteiger partial charge in [-0.2, -0.15) is 0 Å². The molecule has 2 amide bonds. The fraction of sp³-hybridized carbons (Fsp3) is 0.692. The summed E-state index contributed by atoms with van der Waals surface area (Å²) in [6.07, 6.45) is 6.90. The summed E-state index contributed by atoms with van der Waals surface area (Å²) in [5.41, 5.74) is 1.02. The Hall–Kier alpha value is -1.93. The Labute approximate surface area is 205 Å². The molecule has 1 aromatic rings. The molecule has 1 unspecified atom stereocenters. The molecule has 7 nitrogen and oxygen atoms in total. The monoisotopic (exact) mass is 491 g/mol. The molecule has 190 valence electrons. The minimum absolute atomic E-state index is 0.0327. The molecule has 1 heterocycles. The third-order valence-electron chi connectivity index (χ3n) is 7.10. The van der Waals surface area contributed by atoms with Gasteiger partial charge in [0.05, 0.1) is 4.90 Å². The second kappa shape index (κ2) is 12.2. The van der Waals surface area contributed by atoms with Gasteiger partial charge in [0.2, 0.25) is 21.8 Å². The van der Waals surface area contributed by atoms with E-state index in [1.54, 1.807) is 24.3 Å². The summed E-state index contributed by atoms with van der Waals surface area (Å²) in [6, 6.07) is 6.38. The van der Waals surface area contributed by atoms with Crippen LogP contribution in [0.4, 0.5) is 0 Å². The van der Waals surface area contributed by atoms with Crippen molar-refractivity contribution in [2.24, 2.45) is 17.8 Å². The van der Waals surface area contributed by atoms with Gasteiger partial charge in [0, 0.05) is 25.6 Å². The van der Waals surface area contributed by atoms with Crippen molar-refractivity contribution in [1.82, 2.24) is 14.9 Å². The van der Waals surface area contributed by atoms with Crippen molar-refractivity contribution < 1.29 is 18.0 Å². The number of carbonyl (C=O) groups is 2. The normalized spacial score (nSPS) is 22.4. The van der Waals surface area contributed by atoms with Crippen LogP contribution >= 0.6 is 0 Å². The van der Waals surface area contributed by atoms with Crippen LogP contribution in [0.2, 0.25) is 0 Å². The average molecular weight is 492 g/mol. The fourth-order valence-corrected chi connectivity index (χ4v) is 6.09. The third kappa shape index (κ3) is 7.54. The zero-order chi connectivity index (χ0) is 24.7. The number of aryl methyl sites for hydroxylation is 1. The molecule has 1 saturated carbocycles. The third-order valence-corrected chi connectivity index (χ3v) is 8.54. The van der Waals surface area contributed by atoms with Crippen LogP contribution in [0, 0.1) is 24.7 Å². The Morgan fingerprint density at radius 1 is 1.00 bits per heavy atom. The minimum Gasteiger partial charge on any atom is -0.344 e. The first-order valence-electron chi connectivity index (χ1n) is 12.8. The number of nitrogens with one attached hydrogen (secondary N) is 2.